The fourth-order valence-corrected chi connectivity index (χ4v) is 2.42. The van der Waals surface area contributed by atoms with Crippen molar-refractivity contribution in [2.45, 2.75) is 38.0 Å². The Balaban J connectivity index is 2.00. The Morgan fingerprint density at radius 3 is 2.72 bits per heavy atom. The number of aliphatic hydroxyl groups excluding tert-OH is 1. The van der Waals surface area contributed by atoms with Gasteiger partial charge in [-0.05, 0) is 25.3 Å². The van der Waals surface area contributed by atoms with Crippen molar-refractivity contribution < 1.29 is 14.6 Å². The van der Waals surface area contributed by atoms with E-state index in [4.69, 9.17) is 9.47 Å². The molecular weight excluding hydrogens is 230 g/mol. The van der Waals surface area contributed by atoms with Crippen LogP contribution in [0.2, 0.25) is 0 Å². The van der Waals surface area contributed by atoms with Gasteiger partial charge in [-0.1, -0.05) is 6.07 Å². The van der Waals surface area contributed by atoms with Crippen LogP contribution < -0.4 is 14.8 Å². The first-order valence-corrected chi connectivity index (χ1v) is 6.37. The molecule has 0 bridgehead atoms. The predicted molar refractivity (Wildman–Crippen MR) is 70.0 cm³/mol. The van der Waals surface area contributed by atoms with E-state index in [0.717, 1.165) is 36.3 Å². The number of methoxy groups -OCH3 is 2. The van der Waals surface area contributed by atoms with E-state index in [0.29, 0.717) is 6.54 Å². The molecule has 4 heteroatoms. The first-order valence-electron chi connectivity index (χ1n) is 6.37. The predicted octanol–water partition coefficient (Wildman–Crippen LogP) is 1.71. The van der Waals surface area contributed by atoms with Gasteiger partial charge in [0.15, 0.2) is 0 Å². The highest BCUT2D eigenvalue weighted by Crippen LogP contribution is 2.25. The summed E-state index contributed by atoms with van der Waals surface area (Å²) in [6.45, 7) is 0.703. The Bertz CT molecular complexity index is 395. The molecule has 2 atom stereocenters. The van der Waals surface area contributed by atoms with Crippen molar-refractivity contribution in [3.8, 4) is 11.5 Å². The van der Waals surface area contributed by atoms with Crippen molar-refractivity contribution in [2.75, 3.05) is 14.2 Å². The van der Waals surface area contributed by atoms with Gasteiger partial charge in [0.2, 0.25) is 0 Å². The Morgan fingerprint density at radius 1 is 1.28 bits per heavy atom. The molecule has 2 rings (SSSR count). The molecule has 1 aromatic rings. The van der Waals surface area contributed by atoms with Gasteiger partial charge in [-0.25, -0.2) is 0 Å². The van der Waals surface area contributed by atoms with Crippen molar-refractivity contribution >= 4 is 0 Å². The van der Waals surface area contributed by atoms with Crippen LogP contribution in [-0.2, 0) is 6.54 Å². The largest absolute Gasteiger partial charge is 0.497 e. The summed E-state index contributed by atoms with van der Waals surface area (Å²) >= 11 is 0. The van der Waals surface area contributed by atoms with Gasteiger partial charge in [-0.3, -0.25) is 0 Å². The average Bonchev–Trinajstić information content (AvgIpc) is 2.81. The highest BCUT2D eigenvalue weighted by Gasteiger charge is 2.24. The number of aliphatic hydroxyl groups is 1. The summed E-state index contributed by atoms with van der Waals surface area (Å²) in [6.07, 6.45) is 2.82. The maximum atomic E-state index is 9.76. The lowest BCUT2D eigenvalue weighted by Gasteiger charge is -2.17. The third-order valence-electron chi connectivity index (χ3n) is 3.53. The molecular formula is C14H21NO3. The number of hydrogen-bond donors (Lipinski definition) is 2. The standard InChI is InChI=1S/C14H21NO3/c1-17-11-7-6-10(14(8-11)18-2)9-15-12-4-3-5-13(12)16/h6-8,12-13,15-16H,3-5,9H2,1-2H3/t12-,13-/m1/s1. The van der Waals surface area contributed by atoms with Crippen LogP contribution in [0.3, 0.4) is 0 Å². The van der Waals surface area contributed by atoms with Crippen LogP contribution in [0.1, 0.15) is 24.8 Å². The fraction of sp³-hybridized carbons (Fsp3) is 0.571. The van der Waals surface area contributed by atoms with Gasteiger partial charge in [-0.2, -0.15) is 0 Å². The summed E-state index contributed by atoms with van der Waals surface area (Å²) < 4.78 is 10.5. The molecule has 1 aliphatic carbocycles. The topological polar surface area (TPSA) is 50.7 Å². The molecule has 2 N–H and O–H groups in total. The normalized spacial score (nSPS) is 23.1. The third-order valence-corrected chi connectivity index (χ3v) is 3.53. The first kappa shape index (κ1) is 13.2. The summed E-state index contributed by atoms with van der Waals surface area (Å²) in [5.41, 5.74) is 1.08. The van der Waals surface area contributed by atoms with Crippen LogP contribution in [0, 0.1) is 0 Å². The van der Waals surface area contributed by atoms with Gasteiger partial charge in [-0.15, -0.1) is 0 Å². The Kier molecular flexibility index (Phi) is 4.44. The molecule has 100 valence electrons. The second-order valence-corrected chi connectivity index (χ2v) is 4.66. The summed E-state index contributed by atoms with van der Waals surface area (Å²) in [4.78, 5) is 0. The van der Waals surface area contributed by atoms with E-state index in [2.05, 4.69) is 5.32 Å². The second-order valence-electron chi connectivity index (χ2n) is 4.66. The van der Waals surface area contributed by atoms with Crippen LogP contribution >= 0.6 is 0 Å². The zero-order valence-corrected chi connectivity index (χ0v) is 11.0. The van der Waals surface area contributed by atoms with Crippen LogP contribution in [0.5, 0.6) is 11.5 Å². The smallest absolute Gasteiger partial charge is 0.127 e. The minimum atomic E-state index is -0.214. The SMILES string of the molecule is COc1ccc(CN[C@@H]2CCC[C@H]2O)c(OC)c1. The lowest BCUT2D eigenvalue weighted by molar-refractivity contribution is 0.148. The maximum absolute atomic E-state index is 9.76. The van der Waals surface area contributed by atoms with Gasteiger partial charge >= 0.3 is 0 Å². The van der Waals surface area contributed by atoms with E-state index in [1.807, 2.05) is 18.2 Å². The summed E-state index contributed by atoms with van der Waals surface area (Å²) in [5.74, 6) is 1.60. The third kappa shape index (κ3) is 2.94. The molecule has 0 aliphatic heterocycles. The number of hydrogen-bond acceptors (Lipinski definition) is 4. The molecule has 1 saturated carbocycles. The molecule has 0 heterocycles. The minimum absolute atomic E-state index is 0.205. The van der Waals surface area contributed by atoms with E-state index in [9.17, 15) is 5.11 Å². The minimum Gasteiger partial charge on any atom is -0.497 e. The quantitative estimate of drug-likeness (QED) is 0.836. The van der Waals surface area contributed by atoms with Gasteiger partial charge in [0.05, 0.1) is 20.3 Å². The number of benzene rings is 1. The van der Waals surface area contributed by atoms with Gasteiger partial charge in [0.25, 0.3) is 0 Å². The summed E-state index contributed by atoms with van der Waals surface area (Å²) in [6, 6.07) is 6.00. The molecule has 4 nitrogen and oxygen atoms in total. The maximum Gasteiger partial charge on any atom is 0.127 e. The van der Waals surface area contributed by atoms with Crippen LogP contribution in [0.25, 0.3) is 0 Å². The van der Waals surface area contributed by atoms with E-state index in [-0.39, 0.29) is 12.1 Å². The average molecular weight is 251 g/mol. The van der Waals surface area contributed by atoms with Crippen molar-refractivity contribution in [2.24, 2.45) is 0 Å². The van der Waals surface area contributed by atoms with E-state index < -0.39 is 0 Å². The monoisotopic (exact) mass is 251 g/mol. The molecule has 18 heavy (non-hydrogen) atoms. The highest BCUT2D eigenvalue weighted by molar-refractivity contribution is 5.40. The molecule has 0 saturated heterocycles. The van der Waals surface area contributed by atoms with E-state index in [1.54, 1.807) is 14.2 Å². The molecule has 1 aromatic carbocycles. The Labute approximate surface area is 108 Å². The van der Waals surface area contributed by atoms with Crippen molar-refractivity contribution in [1.82, 2.24) is 5.32 Å². The zero-order chi connectivity index (χ0) is 13.0. The fourth-order valence-electron chi connectivity index (χ4n) is 2.42. The molecule has 1 aliphatic rings. The molecule has 0 unspecified atom stereocenters. The van der Waals surface area contributed by atoms with Crippen molar-refractivity contribution in [3.63, 3.8) is 0 Å². The van der Waals surface area contributed by atoms with Crippen LogP contribution in [-0.4, -0.2) is 31.5 Å². The lowest BCUT2D eigenvalue weighted by Crippen LogP contribution is -2.35. The lowest BCUT2D eigenvalue weighted by atomic mass is 10.1. The summed E-state index contributed by atoms with van der Waals surface area (Å²) in [5, 5.41) is 13.2. The van der Waals surface area contributed by atoms with Gasteiger partial charge in [0, 0.05) is 24.2 Å². The highest BCUT2D eigenvalue weighted by atomic mass is 16.5. The number of nitrogens with one attached hydrogen (secondary N) is 1. The van der Waals surface area contributed by atoms with Crippen LogP contribution in [0.4, 0.5) is 0 Å². The van der Waals surface area contributed by atoms with E-state index in [1.165, 1.54) is 0 Å². The van der Waals surface area contributed by atoms with Gasteiger partial charge < -0.3 is 19.9 Å². The molecule has 1 fully saturated rings. The van der Waals surface area contributed by atoms with Crippen molar-refractivity contribution in [1.29, 1.82) is 0 Å². The number of rotatable bonds is 5. The molecule has 0 spiro atoms. The summed E-state index contributed by atoms with van der Waals surface area (Å²) in [7, 11) is 3.30. The Morgan fingerprint density at radius 2 is 2.11 bits per heavy atom. The molecule has 0 aromatic heterocycles. The Hall–Kier alpha value is -1.26. The zero-order valence-electron chi connectivity index (χ0n) is 11.0. The molecule has 0 radical (unpaired) electrons. The van der Waals surface area contributed by atoms with E-state index >= 15 is 0 Å². The van der Waals surface area contributed by atoms with Crippen molar-refractivity contribution in [3.05, 3.63) is 23.8 Å². The van der Waals surface area contributed by atoms with Gasteiger partial charge in [0.1, 0.15) is 11.5 Å². The second kappa shape index (κ2) is 6.07. The van der Waals surface area contributed by atoms with Crippen LogP contribution in [0.15, 0.2) is 18.2 Å². The first-order chi connectivity index (χ1) is 8.74. The number of ether oxygens (including phenoxy) is 2. The molecule has 0 amide bonds.